The second-order valence-corrected chi connectivity index (χ2v) is 6.43. The maximum Gasteiger partial charge on any atom is 0.242 e. The molecule has 2 fully saturated rings. The molecule has 1 aromatic heterocycles. The van der Waals surface area contributed by atoms with Gasteiger partial charge in [-0.05, 0) is 44.4 Å². The lowest BCUT2D eigenvalue weighted by Gasteiger charge is -2.37. The molecular weight excluding hydrogens is 254 g/mol. The molecule has 1 saturated heterocycles. The smallest absolute Gasteiger partial charge is 0.242 e. The Morgan fingerprint density at radius 1 is 1.45 bits per heavy atom. The number of nitrogens with zero attached hydrogens (tertiary/aromatic N) is 4. The van der Waals surface area contributed by atoms with Gasteiger partial charge in [-0.25, -0.2) is 4.98 Å². The predicted octanol–water partition coefficient (Wildman–Crippen LogP) is 0.644. The van der Waals surface area contributed by atoms with E-state index in [-0.39, 0.29) is 5.91 Å². The monoisotopic (exact) mass is 277 g/mol. The number of hydrogen-bond acceptors (Lipinski definition) is 4. The van der Waals surface area contributed by atoms with Crippen LogP contribution >= 0.6 is 0 Å². The third-order valence-electron chi connectivity index (χ3n) is 4.60. The molecule has 0 unspecified atom stereocenters. The molecule has 6 nitrogen and oxygen atoms in total. The van der Waals surface area contributed by atoms with E-state index in [0.717, 1.165) is 45.3 Å². The Morgan fingerprint density at radius 2 is 2.25 bits per heavy atom. The maximum atomic E-state index is 12.6. The number of likely N-dealkylation sites (tertiary alicyclic amines) is 1. The van der Waals surface area contributed by atoms with Crippen LogP contribution in [0, 0.1) is 11.8 Å². The molecular formula is C14H23N5O. The van der Waals surface area contributed by atoms with Gasteiger partial charge in [0.2, 0.25) is 5.91 Å². The third-order valence-corrected chi connectivity index (χ3v) is 4.60. The highest BCUT2D eigenvalue weighted by Crippen LogP contribution is 2.39. The summed E-state index contributed by atoms with van der Waals surface area (Å²) in [7, 11) is 0. The van der Waals surface area contributed by atoms with Gasteiger partial charge < -0.3 is 10.6 Å². The summed E-state index contributed by atoms with van der Waals surface area (Å²) < 4.78 is 1.85. The Balaban J connectivity index is 1.61. The Bertz CT molecular complexity index is 466. The summed E-state index contributed by atoms with van der Waals surface area (Å²) in [5.74, 6) is 0.957. The van der Waals surface area contributed by atoms with E-state index in [0.29, 0.717) is 11.8 Å². The number of carbonyl (C=O) groups is 1. The first kappa shape index (κ1) is 13.5. The molecule has 0 spiro atoms. The van der Waals surface area contributed by atoms with Crippen molar-refractivity contribution in [3.05, 3.63) is 12.7 Å². The number of hydrogen-bond donors (Lipinski definition) is 1. The Labute approximate surface area is 119 Å². The Kier molecular flexibility index (Phi) is 3.50. The zero-order valence-electron chi connectivity index (χ0n) is 12.0. The van der Waals surface area contributed by atoms with Crippen LogP contribution in [0.15, 0.2) is 12.7 Å². The lowest BCUT2D eigenvalue weighted by atomic mass is 9.92. The van der Waals surface area contributed by atoms with Crippen molar-refractivity contribution >= 4 is 5.91 Å². The standard InChI is InChI=1S/C14H23N5O/c1-14(15,12-4-5-12)13(20)18-6-2-3-11(7-18)8-19-10-16-9-17-19/h9-12H,2-8,15H2,1H3/t11-,14+/m1/s1. The van der Waals surface area contributed by atoms with Gasteiger partial charge in [0.25, 0.3) is 0 Å². The first-order valence-electron chi connectivity index (χ1n) is 7.48. The molecule has 3 rings (SSSR count). The van der Waals surface area contributed by atoms with Crippen molar-refractivity contribution < 1.29 is 4.79 Å². The molecule has 2 N–H and O–H groups in total. The number of carbonyl (C=O) groups excluding carboxylic acids is 1. The quantitative estimate of drug-likeness (QED) is 0.876. The fraction of sp³-hybridized carbons (Fsp3) is 0.786. The van der Waals surface area contributed by atoms with Crippen LogP contribution < -0.4 is 5.73 Å². The first-order valence-corrected chi connectivity index (χ1v) is 7.48. The van der Waals surface area contributed by atoms with Crippen molar-refractivity contribution in [2.75, 3.05) is 13.1 Å². The average molecular weight is 277 g/mol. The van der Waals surface area contributed by atoms with E-state index in [1.165, 1.54) is 0 Å². The summed E-state index contributed by atoms with van der Waals surface area (Å²) in [6.45, 7) is 4.35. The summed E-state index contributed by atoms with van der Waals surface area (Å²) in [5.41, 5.74) is 5.59. The second-order valence-electron chi connectivity index (χ2n) is 6.43. The van der Waals surface area contributed by atoms with Crippen LogP contribution in [0.2, 0.25) is 0 Å². The van der Waals surface area contributed by atoms with Gasteiger partial charge in [-0.1, -0.05) is 0 Å². The van der Waals surface area contributed by atoms with Crippen molar-refractivity contribution in [2.45, 2.75) is 44.7 Å². The topological polar surface area (TPSA) is 77.0 Å². The second kappa shape index (κ2) is 5.16. The summed E-state index contributed by atoms with van der Waals surface area (Å²) in [6, 6.07) is 0. The van der Waals surface area contributed by atoms with Crippen LogP contribution in [0.1, 0.15) is 32.6 Å². The minimum atomic E-state index is -0.671. The molecule has 1 amide bonds. The molecule has 1 saturated carbocycles. The normalized spacial score (nSPS) is 26.3. The van der Waals surface area contributed by atoms with Crippen molar-refractivity contribution in [3.8, 4) is 0 Å². The zero-order valence-corrected chi connectivity index (χ0v) is 12.0. The summed E-state index contributed by atoms with van der Waals surface area (Å²) >= 11 is 0. The average Bonchev–Trinajstić information content (AvgIpc) is 3.19. The molecule has 2 heterocycles. The predicted molar refractivity (Wildman–Crippen MR) is 74.6 cm³/mol. The molecule has 1 aliphatic heterocycles. The van der Waals surface area contributed by atoms with Gasteiger partial charge >= 0.3 is 0 Å². The molecule has 0 bridgehead atoms. The molecule has 110 valence electrons. The van der Waals surface area contributed by atoms with E-state index < -0.39 is 5.54 Å². The fourth-order valence-corrected chi connectivity index (χ4v) is 3.19. The molecule has 20 heavy (non-hydrogen) atoms. The van der Waals surface area contributed by atoms with Crippen LogP contribution in [0.25, 0.3) is 0 Å². The van der Waals surface area contributed by atoms with Gasteiger partial charge in [0.1, 0.15) is 12.7 Å². The highest BCUT2D eigenvalue weighted by molar-refractivity contribution is 5.86. The summed E-state index contributed by atoms with van der Waals surface area (Å²) in [5, 5.41) is 4.14. The number of nitrogens with two attached hydrogens (primary N) is 1. The lowest BCUT2D eigenvalue weighted by molar-refractivity contribution is -0.139. The number of rotatable bonds is 4. The van der Waals surface area contributed by atoms with Gasteiger partial charge in [0, 0.05) is 19.6 Å². The Hall–Kier alpha value is -1.43. The molecule has 1 aromatic rings. The highest BCUT2D eigenvalue weighted by atomic mass is 16.2. The van der Waals surface area contributed by atoms with Crippen molar-refractivity contribution in [2.24, 2.45) is 17.6 Å². The Morgan fingerprint density at radius 3 is 2.90 bits per heavy atom. The van der Waals surface area contributed by atoms with Gasteiger partial charge in [-0.3, -0.25) is 9.48 Å². The van der Waals surface area contributed by atoms with E-state index in [1.807, 2.05) is 16.5 Å². The summed E-state index contributed by atoms with van der Waals surface area (Å²) in [6.07, 6.45) is 7.65. The van der Waals surface area contributed by atoms with Crippen molar-refractivity contribution in [3.63, 3.8) is 0 Å². The summed E-state index contributed by atoms with van der Waals surface area (Å²) in [4.78, 5) is 18.5. The van der Waals surface area contributed by atoms with Crippen LogP contribution in [0.4, 0.5) is 0 Å². The van der Waals surface area contributed by atoms with E-state index in [4.69, 9.17) is 5.73 Å². The van der Waals surface area contributed by atoms with Gasteiger partial charge in [-0.15, -0.1) is 0 Å². The van der Waals surface area contributed by atoms with Gasteiger partial charge in [0.05, 0.1) is 5.54 Å². The van der Waals surface area contributed by atoms with Crippen LogP contribution in [-0.2, 0) is 11.3 Å². The largest absolute Gasteiger partial charge is 0.341 e. The molecule has 0 radical (unpaired) electrons. The minimum absolute atomic E-state index is 0.128. The van der Waals surface area contributed by atoms with Crippen molar-refractivity contribution in [1.82, 2.24) is 19.7 Å². The van der Waals surface area contributed by atoms with E-state index in [9.17, 15) is 4.79 Å². The molecule has 2 aliphatic rings. The van der Waals surface area contributed by atoms with E-state index in [2.05, 4.69) is 10.1 Å². The van der Waals surface area contributed by atoms with E-state index in [1.54, 1.807) is 12.7 Å². The number of aromatic nitrogens is 3. The number of amides is 1. The SMILES string of the molecule is C[C@@](N)(C(=O)N1CCC[C@@H](Cn2cncn2)C1)C1CC1. The van der Waals surface area contributed by atoms with Crippen LogP contribution in [0.3, 0.4) is 0 Å². The molecule has 1 aliphatic carbocycles. The van der Waals surface area contributed by atoms with Crippen molar-refractivity contribution in [1.29, 1.82) is 0 Å². The highest BCUT2D eigenvalue weighted by Gasteiger charge is 2.46. The molecule has 6 heteroatoms. The molecule has 0 aromatic carbocycles. The maximum absolute atomic E-state index is 12.6. The lowest BCUT2D eigenvalue weighted by Crippen LogP contribution is -2.57. The zero-order chi connectivity index (χ0) is 14.2. The van der Waals surface area contributed by atoms with Gasteiger partial charge in [0.15, 0.2) is 0 Å². The number of piperidine rings is 1. The fourth-order valence-electron chi connectivity index (χ4n) is 3.19. The van der Waals surface area contributed by atoms with E-state index >= 15 is 0 Å². The first-order chi connectivity index (χ1) is 9.57. The third kappa shape index (κ3) is 2.70. The van der Waals surface area contributed by atoms with Gasteiger partial charge in [-0.2, -0.15) is 5.10 Å². The van der Waals surface area contributed by atoms with Crippen LogP contribution in [0.5, 0.6) is 0 Å². The van der Waals surface area contributed by atoms with Crippen LogP contribution in [-0.4, -0.2) is 44.2 Å². The minimum Gasteiger partial charge on any atom is -0.341 e. The molecule has 2 atom stereocenters.